The molecule has 19 heavy (non-hydrogen) atoms. The normalized spacial score (nSPS) is 16.9. The molecule has 1 aliphatic rings. The molecule has 1 rings (SSSR count). The Balaban J connectivity index is 2.12. The molecular formula is C13H25N3O3. The van der Waals surface area contributed by atoms with Crippen molar-refractivity contribution in [2.75, 3.05) is 46.8 Å². The van der Waals surface area contributed by atoms with Crippen LogP contribution in [0.5, 0.6) is 0 Å². The molecule has 0 spiro atoms. The molecule has 1 amide bonds. The molecule has 0 unspecified atom stereocenters. The fraction of sp³-hybridized carbons (Fsp3) is 0.846. The molecule has 0 aromatic carbocycles. The van der Waals surface area contributed by atoms with E-state index in [4.69, 9.17) is 5.11 Å². The van der Waals surface area contributed by atoms with Crippen molar-refractivity contribution in [2.24, 2.45) is 5.92 Å². The van der Waals surface area contributed by atoms with Crippen LogP contribution >= 0.6 is 0 Å². The predicted molar refractivity (Wildman–Crippen MR) is 73.0 cm³/mol. The summed E-state index contributed by atoms with van der Waals surface area (Å²) in [5.74, 6) is -0.945. The second kappa shape index (κ2) is 8.12. The van der Waals surface area contributed by atoms with Gasteiger partial charge in [-0.3, -0.25) is 9.59 Å². The van der Waals surface area contributed by atoms with Crippen LogP contribution < -0.4 is 5.32 Å². The van der Waals surface area contributed by atoms with Crippen LogP contribution in [0.3, 0.4) is 0 Å². The quantitative estimate of drug-likeness (QED) is 0.630. The molecule has 0 aliphatic carbocycles. The monoisotopic (exact) mass is 271 g/mol. The molecule has 0 radical (unpaired) electrons. The molecule has 1 fully saturated rings. The molecule has 6 nitrogen and oxygen atoms in total. The summed E-state index contributed by atoms with van der Waals surface area (Å²) in [5, 5.41) is 12.0. The Kier molecular flexibility index (Phi) is 6.80. The first kappa shape index (κ1) is 15.9. The Morgan fingerprint density at radius 3 is 2.47 bits per heavy atom. The first-order valence-electron chi connectivity index (χ1n) is 6.86. The van der Waals surface area contributed by atoms with E-state index < -0.39 is 5.97 Å². The zero-order valence-electron chi connectivity index (χ0n) is 11.9. The maximum atomic E-state index is 11.9. The average molecular weight is 271 g/mol. The molecular weight excluding hydrogens is 246 g/mol. The molecule has 1 saturated heterocycles. The van der Waals surface area contributed by atoms with Gasteiger partial charge < -0.3 is 20.2 Å². The van der Waals surface area contributed by atoms with Gasteiger partial charge >= 0.3 is 5.97 Å². The van der Waals surface area contributed by atoms with Gasteiger partial charge in [-0.2, -0.15) is 0 Å². The van der Waals surface area contributed by atoms with Gasteiger partial charge in [0, 0.05) is 13.1 Å². The third kappa shape index (κ3) is 6.02. The molecule has 0 atom stereocenters. The number of carbonyl (C=O) groups is 2. The fourth-order valence-corrected chi connectivity index (χ4v) is 2.20. The molecule has 0 saturated carbocycles. The highest BCUT2D eigenvalue weighted by molar-refractivity contribution is 5.78. The van der Waals surface area contributed by atoms with E-state index in [0.717, 1.165) is 19.5 Å². The minimum absolute atomic E-state index is 0.0775. The Bertz CT molecular complexity index is 300. The molecule has 0 bridgehead atoms. The molecule has 0 aromatic rings. The number of hydrogen-bond donors (Lipinski definition) is 2. The lowest BCUT2D eigenvalue weighted by Crippen LogP contribution is -2.44. The number of nitrogens with zero attached hydrogens (tertiary/aromatic N) is 2. The predicted octanol–water partition coefficient (Wildman–Crippen LogP) is -0.149. The van der Waals surface area contributed by atoms with Crippen LogP contribution in [0.4, 0.5) is 0 Å². The van der Waals surface area contributed by atoms with E-state index in [0.29, 0.717) is 32.5 Å². The number of hydrogen-bond acceptors (Lipinski definition) is 4. The van der Waals surface area contributed by atoms with Gasteiger partial charge in [0.15, 0.2) is 0 Å². The number of likely N-dealkylation sites (tertiary alicyclic amines) is 1. The number of carbonyl (C=O) groups excluding carboxylic acids is 1. The van der Waals surface area contributed by atoms with Crippen molar-refractivity contribution in [1.29, 1.82) is 0 Å². The van der Waals surface area contributed by atoms with Crippen molar-refractivity contribution < 1.29 is 14.7 Å². The Morgan fingerprint density at radius 1 is 1.32 bits per heavy atom. The van der Waals surface area contributed by atoms with E-state index in [1.165, 1.54) is 0 Å². The maximum Gasteiger partial charge on any atom is 0.306 e. The standard InChI is InChI=1S/C13H25N3O3/c1-15(2)7-3-6-14-10-12(17)16-8-4-11(5-9-16)13(18)19/h11,14H,3-10H2,1-2H3,(H,18,19). The zero-order chi connectivity index (χ0) is 14.3. The number of carboxylic acids is 1. The van der Waals surface area contributed by atoms with Crippen molar-refractivity contribution in [3.05, 3.63) is 0 Å². The van der Waals surface area contributed by atoms with Gasteiger partial charge in [0.05, 0.1) is 12.5 Å². The van der Waals surface area contributed by atoms with Gasteiger partial charge in [0.2, 0.25) is 5.91 Å². The van der Waals surface area contributed by atoms with Gasteiger partial charge in [0.25, 0.3) is 0 Å². The van der Waals surface area contributed by atoms with Crippen molar-refractivity contribution in [3.63, 3.8) is 0 Å². The van der Waals surface area contributed by atoms with Crippen LogP contribution in [-0.4, -0.2) is 73.6 Å². The van der Waals surface area contributed by atoms with Crippen LogP contribution in [-0.2, 0) is 9.59 Å². The van der Waals surface area contributed by atoms with Crippen LogP contribution in [0, 0.1) is 5.92 Å². The SMILES string of the molecule is CN(C)CCCNCC(=O)N1CCC(C(=O)O)CC1. The van der Waals surface area contributed by atoms with Gasteiger partial charge in [-0.15, -0.1) is 0 Å². The molecule has 0 aromatic heterocycles. The van der Waals surface area contributed by atoms with Gasteiger partial charge in [-0.1, -0.05) is 0 Å². The summed E-state index contributed by atoms with van der Waals surface area (Å²) in [4.78, 5) is 26.6. The van der Waals surface area contributed by atoms with Crippen molar-refractivity contribution in [3.8, 4) is 0 Å². The summed E-state index contributed by atoms with van der Waals surface area (Å²) in [6.07, 6.45) is 2.16. The van der Waals surface area contributed by atoms with E-state index in [1.54, 1.807) is 4.90 Å². The number of piperidine rings is 1. The number of aliphatic carboxylic acids is 1. The lowest BCUT2D eigenvalue weighted by atomic mass is 9.97. The zero-order valence-corrected chi connectivity index (χ0v) is 11.9. The van der Waals surface area contributed by atoms with E-state index in [9.17, 15) is 9.59 Å². The molecule has 110 valence electrons. The number of carboxylic acid groups (broad SMARTS) is 1. The summed E-state index contributed by atoms with van der Waals surface area (Å²) in [5.41, 5.74) is 0. The van der Waals surface area contributed by atoms with Gasteiger partial charge in [-0.25, -0.2) is 0 Å². The number of rotatable bonds is 7. The summed E-state index contributed by atoms with van der Waals surface area (Å²) in [7, 11) is 4.05. The highest BCUT2D eigenvalue weighted by Crippen LogP contribution is 2.16. The number of nitrogens with one attached hydrogen (secondary N) is 1. The van der Waals surface area contributed by atoms with Crippen molar-refractivity contribution in [1.82, 2.24) is 15.1 Å². The summed E-state index contributed by atoms with van der Waals surface area (Å²) >= 11 is 0. The van der Waals surface area contributed by atoms with E-state index in [2.05, 4.69) is 10.2 Å². The molecule has 2 N–H and O–H groups in total. The second-order valence-corrected chi connectivity index (χ2v) is 5.33. The third-order valence-corrected chi connectivity index (χ3v) is 3.43. The molecule has 1 aliphatic heterocycles. The van der Waals surface area contributed by atoms with Gasteiger partial charge in [-0.05, 0) is 46.4 Å². The topological polar surface area (TPSA) is 72.9 Å². The molecule has 1 heterocycles. The van der Waals surface area contributed by atoms with E-state index in [-0.39, 0.29) is 11.8 Å². The van der Waals surface area contributed by atoms with Crippen LogP contribution in [0.1, 0.15) is 19.3 Å². The first-order chi connectivity index (χ1) is 9.00. The summed E-state index contributed by atoms with van der Waals surface area (Å²) in [6, 6.07) is 0. The van der Waals surface area contributed by atoms with Gasteiger partial charge in [0.1, 0.15) is 0 Å². The van der Waals surface area contributed by atoms with Crippen LogP contribution in [0.25, 0.3) is 0 Å². The van der Waals surface area contributed by atoms with Crippen LogP contribution in [0.15, 0.2) is 0 Å². The lowest BCUT2D eigenvalue weighted by molar-refractivity contribution is -0.145. The smallest absolute Gasteiger partial charge is 0.306 e. The third-order valence-electron chi connectivity index (χ3n) is 3.43. The Labute approximate surface area is 114 Å². The molecule has 6 heteroatoms. The second-order valence-electron chi connectivity index (χ2n) is 5.33. The Morgan fingerprint density at radius 2 is 1.95 bits per heavy atom. The van der Waals surface area contributed by atoms with E-state index >= 15 is 0 Å². The summed E-state index contributed by atoms with van der Waals surface area (Å²) in [6.45, 7) is 3.32. The number of amides is 1. The average Bonchev–Trinajstić information content (AvgIpc) is 2.37. The van der Waals surface area contributed by atoms with E-state index in [1.807, 2.05) is 14.1 Å². The fourth-order valence-electron chi connectivity index (χ4n) is 2.20. The Hall–Kier alpha value is -1.14. The van der Waals surface area contributed by atoms with Crippen molar-refractivity contribution >= 4 is 11.9 Å². The van der Waals surface area contributed by atoms with Crippen molar-refractivity contribution in [2.45, 2.75) is 19.3 Å². The highest BCUT2D eigenvalue weighted by atomic mass is 16.4. The minimum atomic E-state index is -0.742. The highest BCUT2D eigenvalue weighted by Gasteiger charge is 2.26. The first-order valence-corrected chi connectivity index (χ1v) is 6.86. The maximum absolute atomic E-state index is 11.9. The largest absolute Gasteiger partial charge is 0.481 e. The lowest BCUT2D eigenvalue weighted by Gasteiger charge is -2.30. The minimum Gasteiger partial charge on any atom is -0.481 e. The van der Waals surface area contributed by atoms with Crippen LogP contribution in [0.2, 0.25) is 0 Å². The summed E-state index contributed by atoms with van der Waals surface area (Å²) < 4.78 is 0.